The van der Waals surface area contributed by atoms with Gasteiger partial charge in [0.25, 0.3) is 0 Å². The zero-order valence-electron chi connectivity index (χ0n) is 19.2. The van der Waals surface area contributed by atoms with Crippen LogP contribution in [0.5, 0.6) is 5.75 Å². The number of ether oxygens (including phenoxy) is 1. The predicted molar refractivity (Wildman–Crippen MR) is 128 cm³/mol. The van der Waals surface area contributed by atoms with Crippen molar-refractivity contribution in [2.24, 2.45) is 5.92 Å². The molecule has 3 aromatic carbocycles. The van der Waals surface area contributed by atoms with Crippen molar-refractivity contribution in [2.75, 3.05) is 0 Å². The topological polar surface area (TPSA) is 9.23 Å². The van der Waals surface area contributed by atoms with Gasteiger partial charge in [0, 0.05) is 16.7 Å². The highest BCUT2D eigenvalue weighted by molar-refractivity contribution is 5.74. The largest absolute Gasteiger partial charge is 0.462 e. The SMILES string of the molecule is C/C=C\Oc1ccc(-c2ccc(-c3ccc(C4=CCC(CC)CC4)c(F)c3F)cc2)c(F)c1F. The van der Waals surface area contributed by atoms with Gasteiger partial charge in [-0.15, -0.1) is 0 Å². The van der Waals surface area contributed by atoms with Crippen molar-refractivity contribution in [1.82, 2.24) is 0 Å². The lowest BCUT2D eigenvalue weighted by atomic mass is 9.84. The number of halogens is 4. The summed E-state index contributed by atoms with van der Waals surface area (Å²) in [5.41, 5.74) is 2.19. The summed E-state index contributed by atoms with van der Waals surface area (Å²) >= 11 is 0. The van der Waals surface area contributed by atoms with Crippen molar-refractivity contribution in [1.29, 1.82) is 0 Å². The molecule has 0 bridgehead atoms. The maximum atomic E-state index is 15.0. The molecule has 1 aliphatic carbocycles. The summed E-state index contributed by atoms with van der Waals surface area (Å²) in [7, 11) is 0. The van der Waals surface area contributed by atoms with Crippen LogP contribution in [0, 0.1) is 29.2 Å². The summed E-state index contributed by atoms with van der Waals surface area (Å²) in [5, 5.41) is 0. The van der Waals surface area contributed by atoms with Crippen molar-refractivity contribution in [3.8, 4) is 28.0 Å². The first-order chi connectivity index (χ1) is 16.4. The second kappa shape index (κ2) is 10.3. The molecule has 34 heavy (non-hydrogen) atoms. The smallest absolute Gasteiger partial charge is 0.201 e. The maximum Gasteiger partial charge on any atom is 0.201 e. The monoisotopic (exact) mass is 466 g/mol. The van der Waals surface area contributed by atoms with Gasteiger partial charge in [-0.2, -0.15) is 4.39 Å². The van der Waals surface area contributed by atoms with Crippen LogP contribution in [0.1, 0.15) is 45.1 Å². The molecular weight excluding hydrogens is 440 g/mol. The second-order valence-corrected chi connectivity index (χ2v) is 8.47. The van der Waals surface area contributed by atoms with Gasteiger partial charge in [-0.1, -0.05) is 61.9 Å². The molecule has 0 aliphatic heterocycles. The number of allylic oxidation sites excluding steroid dienone is 3. The average molecular weight is 467 g/mol. The molecule has 3 aromatic rings. The molecule has 1 atom stereocenters. The standard InChI is InChI=1S/C29H26F4O/c1-3-17-34-25-16-15-24(28(32)29(25)33)21-11-9-20(10-12-21)23-14-13-22(26(30)27(23)31)19-7-5-18(4-2)6-8-19/h3,7,9-18H,4-6,8H2,1-2H3/b17-3-. The third kappa shape index (κ3) is 4.65. The molecule has 0 heterocycles. The van der Waals surface area contributed by atoms with Crippen LogP contribution in [-0.4, -0.2) is 0 Å². The molecule has 0 amide bonds. The first-order valence-corrected chi connectivity index (χ1v) is 11.5. The van der Waals surface area contributed by atoms with Crippen LogP contribution < -0.4 is 4.74 Å². The summed E-state index contributed by atoms with van der Waals surface area (Å²) in [6, 6.07) is 12.2. The molecule has 0 fully saturated rings. The van der Waals surface area contributed by atoms with Crippen LogP contribution in [-0.2, 0) is 0 Å². The molecular formula is C29H26F4O. The van der Waals surface area contributed by atoms with Crippen LogP contribution in [0.25, 0.3) is 27.8 Å². The normalized spacial score (nSPS) is 16.1. The van der Waals surface area contributed by atoms with Crippen molar-refractivity contribution in [3.63, 3.8) is 0 Å². The van der Waals surface area contributed by atoms with Gasteiger partial charge in [0.15, 0.2) is 23.2 Å². The molecule has 0 N–H and O–H groups in total. The molecule has 4 rings (SSSR count). The summed E-state index contributed by atoms with van der Waals surface area (Å²) < 4.78 is 63.9. The second-order valence-electron chi connectivity index (χ2n) is 8.47. The van der Waals surface area contributed by atoms with E-state index in [0.29, 0.717) is 22.6 Å². The maximum absolute atomic E-state index is 15.0. The van der Waals surface area contributed by atoms with Gasteiger partial charge in [0.2, 0.25) is 5.82 Å². The van der Waals surface area contributed by atoms with E-state index in [-0.39, 0.29) is 16.9 Å². The predicted octanol–water partition coefficient (Wildman–Crippen LogP) is 9.08. The Labute approximate surface area is 197 Å². The molecule has 176 valence electrons. The lowest BCUT2D eigenvalue weighted by Gasteiger charge is -2.21. The van der Waals surface area contributed by atoms with E-state index >= 15 is 4.39 Å². The highest BCUT2D eigenvalue weighted by Crippen LogP contribution is 2.36. The van der Waals surface area contributed by atoms with E-state index in [0.717, 1.165) is 31.3 Å². The molecule has 0 spiro atoms. The first-order valence-electron chi connectivity index (χ1n) is 11.5. The van der Waals surface area contributed by atoms with E-state index in [2.05, 4.69) is 6.92 Å². The number of hydrogen-bond donors (Lipinski definition) is 0. The van der Waals surface area contributed by atoms with E-state index in [4.69, 9.17) is 4.74 Å². The van der Waals surface area contributed by atoms with Gasteiger partial charge >= 0.3 is 0 Å². The van der Waals surface area contributed by atoms with Crippen LogP contribution >= 0.6 is 0 Å². The third-order valence-electron chi connectivity index (χ3n) is 6.41. The average Bonchev–Trinajstić information content (AvgIpc) is 2.87. The van der Waals surface area contributed by atoms with Gasteiger partial charge in [0.05, 0.1) is 6.26 Å². The number of rotatable bonds is 6. The van der Waals surface area contributed by atoms with Crippen molar-refractivity contribution in [2.45, 2.75) is 39.5 Å². The molecule has 1 nitrogen and oxygen atoms in total. The fourth-order valence-corrected chi connectivity index (χ4v) is 4.34. The lowest BCUT2D eigenvalue weighted by Crippen LogP contribution is -2.06. The summed E-state index contributed by atoms with van der Waals surface area (Å²) in [5.74, 6) is -3.51. The van der Waals surface area contributed by atoms with Crippen LogP contribution in [0.4, 0.5) is 17.6 Å². The Hall–Kier alpha value is -3.34. The fourth-order valence-electron chi connectivity index (χ4n) is 4.34. The minimum absolute atomic E-state index is 0.0495. The Morgan fingerprint density at radius 2 is 1.35 bits per heavy atom. The van der Waals surface area contributed by atoms with E-state index in [1.807, 2.05) is 6.08 Å². The van der Waals surface area contributed by atoms with Gasteiger partial charge in [-0.25, -0.2) is 13.2 Å². The van der Waals surface area contributed by atoms with E-state index in [9.17, 15) is 13.2 Å². The Kier molecular flexibility index (Phi) is 7.20. The van der Waals surface area contributed by atoms with Crippen LogP contribution in [0.2, 0.25) is 0 Å². The molecule has 0 saturated carbocycles. The zero-order chi connectivity index (χ0) is 24.2. The lowest BCUT2D eigenvalue weighted by molar-refractivity contribution is 0.415. The third-order valence-corrected chi connectivity index (χ3v) is 6.41. The molecule has 1 unspecified atom stereocenters. The Morgan fingerprint density at radius 3 is 1.91 bits per heavy atom. The van der Waals surface area contributed by atoms with E-state index in [1.54, 1.807) is 49.4 Å². The molecule has 0 aromatic heterocycles. The molecule has 0 saturated heterocycles. The van der Waals surface area contributed by atoms with Gasteiger partial charge in [-0.3, -0.25) is 0 Å². The van der Waals surface area contributed by atoms with Crippen LogP contribution in [0.15, 0.2) is 66.9 Å². The minimum atomic E-state index is -1.09. The Balaban J connectivity index is 1.61. The van der Waals surface area contributed by atoms with Crippen molar-refractivity contribution in [3.05, 3.63) is 95.8 Å². The van der Waals surface area contributed by atoms with Crippen LogP contribution in [0.3, 0.4) is 0 Å². The highest BCUT2D eigenvalue weighted by Gasteiger charge is 2.21. The minimum Gasteiger partial charge on any atom is -0.462 e. The Bertz CT molecular complexity index is 1240. The summed E-state index contributed by atoms with van der Waals surface area (Å²) in [6.07, 6.45) is 8.53. The number of benzene rings is 3. The molecule has 1 aliphatic rings. The van der Waals surface area contributed by atoms with E-state index < -0.39 is 23.3 Å². The van der Waals surface area contributed by atoms with Gasteiger partial charge < -0.3 is 4.74 Å². The summed E-state index contributed by atoms with van der Waals surface area (Å²) in [4.78, 5) is 0. The highest BCUT2D eigenvalue weighted by atomic mass is 19.2. The van der Waals surface area contributed by atoms with Gasteiger partial charge in [-0.05, 0) is 60.9 Å². The Morgan fingerprint density at radius 1 is 0.794 bits per heavy atom. The zero-order valence-corrected chi connectivity index (χ0v) is 19.2. The van der Waals surface area contributed by atoms with Crippen molar-refractivity contribution < 1.29 is 22.3 Å². The fraction of sp³-hybridized carbons (Fsp3) is 0.241. The van der Waals surface area contributed by atoms with Crippen molar-refractivity contribution >= 4 is 5.57 Å². The first kappa shape index (κ1) is 23.8. The molecule has 0 radical (unpaired) electrons. The summed E-state index contributed by atoms with van der Waals surface area (Å²) in [6.45, 7) is 3.84. The number of hydrogen-bond acceptors (Lipinski definition) is 1. The quantitative estimate of drug-likeness (QED) is 0.260. The van der Waals surface area contributed by atoms with E-state index in [1.165, 1.54) is 18.4 Å². The molecule has 5 heteroatoms. The van der Waals surface area contributed by atoms with Gasteiger partial charge in [0.1, 0.15) is 0 Å².